The first-order chi connectivity index (χ1) is 25.8. The van der Waals surface area contributed by atoms with Crippen molar-refractivity contribution in [3.63, 3.8) is 0 Å². The summed E-state index contributed by atoms with van der Waals surface area (Å²) in [6.45, 7) is 2.72. The van der Waals surface area contributed by atoms with Gasteiger partial charge in [-0.25, -0.2) is 8.78 Å². The summed E-state index contributed by atoms with van der Waals surface area (Å²) < 4.78 is 26.4. The van der Waals surface area contributed by atoms with Crippen LogP contribution >= 0.6 is 71.7 Å². The van der Waals surface area contributed by atoms with Crippen LogP contribution in [0.4, 0.5) is 31.5 Å². The Morgan fingerprint density at radius 1 is 0.582 bits per heavy atom. The second-order valence-electron chi connectivity index (χ2n) is 11.3. The molecule has 285 valence electrons. The molecule has 55 heavy (non-hydrogen) atoms. The number of aryl methyl sites for hydroxylation is 1. The maximum absolute atomic E-state index is 13.2. The number of amides is 1. The first kappa shape index (κ1) is 48.2. The molecule has 6 nitrogen and oxygen atoms in total. The van der Waals surface area contributed by atoms with Crippen LogP contribution in [0.15, 0.2) is 146 Å². The molecule has 6 rings (SSSR count). The molecule has 0 spiro atoms. The molecule has 0 bridgehead atoms. The molecular weight excluding hydrogens is 1100 g/mol. The number of nitrogens with zero attached hydrogens (tertiary/aromatic N) is 2. The number of halogens is 5. The quantitative estimate of drug-likeness (QED) is 0.109. The van der Waals surface area contributed by atoms with E-state index in [1.165, 1.54) is 83.3 Å². The molecule has 0 heterocycles. The fourth-order valence-corrected chi connectivity index (χ4v) is 4.77. The predicted molar refractivity (Wildman–Crippen MR) is 248 cm³/mol. The second-order valence-corrected chi connectivity index (χ2v) is 47.5. The van der Waals surface area contributed by atoms with E-state index in [0.717, 1.165) is 16.9 Å². The van der Waals surface area contributed by atoms with Gasteiger partial charge in [0, 0.05) is 43.3 Å². The summed E-state index contributed by atoms with van der Waals surface area (Å²) in [5.41, 5.74) is 5.59. The number of carbonyl (C=O) groups excluding carboxylic acids is 1. The standard InChI is InChI=1S/C20H18FNO.C19H14FNO3.C2H6S.B.3HI.V/c1-15-2-4-16(5-3-15)14-22(18-8-6-17(21)7-9-18)19-10-12-20(23)13-11-19;20-14-3-5-15(6-4-14)21(16-7-11-18(23)12-8-16)19(24)13-1-9-17(22)10-2-13;1-3-2;;;;;/h2-13,23H,14H2,1H3;1-12,22-23H;1-2H3;;3*1H;/q;;;;;;;+3/p-3. The Morgan fingerprint density at radius 2 is 0.891 bits per heavy atom. The Labute approximate surface area is 365 Å². The van der Waals surface area contributed by atoms with Crippen molar-refractivity contribution in [1.29, 1.82) is 0 Å². The van der Waals surface area contributed by atoms with Crippen LogP contribution in [0.25, 0.3) is 0 Å². The monoisotopic (exact) mass is 1130 g/mol. The molecule has 0 saturated carbocycles. The van der Waals surface area contributed by atoms with Crippen molar-refractivity contribution >= 4 is 109 Å². The summed E-state index contributed by atoms with van der Waals surface area (Å²) in [4.78, 5) is 16.1. The summed E-state index contributed by atoms with van der Waals surface area (Å²) >= 11 is 9.14. The SMILES string of the molecule is CSC.Cc1ccc(CN(c2ccc(O)cc2)c2ccc(F)cc2)cc1.O=C(c1ccc(O)cc1)N(c1ccc(O)cc1)c1ccc(F)cc1.[B].[I][V]([I])[I]. The summed E-state index contributed by atoms with van der Waals surface area (Å²) in [6, 6.07) is 39.3. The van der Waals surface area contributed by atoms with Gasteiger partial charge in [-0.1, -0.05) is 29.8 Å². The Kier molecular flexibility index (Phi) is 22.2. The number of anilines is 4. The first-order valence-electron chi connectivity index (χ1n) is 16.0. The number of hydrogen-bond acceptors (Lipinski definition) is 6. The van der Waals surface area contributed by atoms with E-state index in [-0.39, 0.29) is 42.3 Å². The van der Waals surface area contributed by atoms with E-state index < -0.39 is 5.82 Å². The zero-order valence-corrected chi connectivity index (χ0v) is 38.7. The van der Waals surface area contributed by atoms with Gasteiger partial charge >= 0.3 is 64.9 Å². The molecule has 0 aliphatic heterocycles. The molecule has 3 N–H and O–H groups in total. The number of aromatic hydroxyl groups is 3. The van der Waals surface area contributed by atoms with Gasteiger partial charge in [-0.15, -0.1) is 0 Å². The average Bonchev–Trinajstić information content (AvgIpc) is 3.15. The van der Waals surface area contributed by atoms with Gasteiger partial charge < -0.3 is 20.2 Å². The van der Waals surface area contributed by atoms with Crippen LogP contribution in [0.5, 0.6) is 17.2 Å². The molecule has 1 amide bonds. The Morgan fingerprint density at radius 3 is 1.27 bits per heavy atom. The molecule has 0 aliphatic carbocycles. The normalized spacial score (nSPS) is 9.91. The summed E-state index contributed by atoms with van der Waals surface area (Å²) in [5, 5.41) is 28.3. The number of benzene rings is 6. The van der Waals surface area contributed by atoms with Gasteiger partial charge in [-0.2, -0.15) is 11.8 Å². The zero-order valence-electron chi connectivity index (χ0n) is 30.0. The van der Waals surface area contributed by atoms with Crippen LogP contribution in [0.2, 0.25) is 0 Å². The van der Waals surface area contributed by atoms with E-state index in [4.69, 9.17) is 0 Å². The number of thioether (sulfide) groups is 1. The average molecular weight is 1140 g/mol. The van der Waals surface area contributed by atoms with Crippen LogP contribution in [0.3, 0.4) is 0 Å². The van der Waals surface area contributed by atoms with Crippen molar-refractivity contribution in [2.24, 2.45) is 0 Å². The van der Waals surface area contributed by atoms with Crippen LogP contribution in [0.1, 0.15) is 21.5 Å². The first-order valence-corrected chi connectivity index (χ1v) is 31.2. The molecule has 0 aromatic heterocycles. The van der Waals surface area contributed by atoms with Gasteiger partial charge in [0.15, 0.2) is 0 Å². The van der Waals surface area contributed by atoms with Gasteiger partial charge in [-0.05, 0) is 146 Å². The van der Waals surface area contributed by atoms with E-state index in [1.54, 1.807) is 48.2 Å². The molecule has 0 saturated heterocycles. The van der Waals surface area contributed by atoms with Gasteiger partial charge in [0.1, 0.15) is 28.9 Å². The fourth-order valence-electron chi connectivity index (χ4n) is 4.77. The fraction of sp³-hybridized carbons (Fsp3) is 0.0976. The Hall–Kier alpha value is -2.96. The molecule has 3 radical (unpaired) electrons. The Balaban J connectivity index is 0.000000321. The van der Waals surface area contributed by atoms with E-state index in [2.05, 4.69) is 96.0 Å². The van der Waals surface area contributed by atoms with Crippen LogP contribution in [-0.4, -0.2) is 42.2 Å². The summed E-state index contributed by atoms with van der Waals surface area (Å²) in [6.07, 6.45) is 4.08. The summed E-state index contributed by atoms with van der Waals surface area (Å²) in [7, 11) is 0. The van der Waals surface area contributed by atoms with E-state index in [1.807, 2.05) is 24.6 Å². The minimum absolute atomic E-state index is 0. The molecule has 0 atom stereocenters. The van der Waals surface area contributed by atoms with E-state index in [9.17, 15) is 28.9 Å². The van der Waals surface area contributed by atoms with Crippen molar-refractivity contribution in [1.82, 2.24) is 0 Å². The van der Waals surface area contributed by atoms with E-state index >= 15 is 0 Å². The van der Waals surface area contributed by atoms with Crippen molar-refractivity contribution in [2.75, 3.05) is 22.3 Å². The molecule has 0 aliphatic rings. The van der Waals surface area contributed by atoms with Crippen molar-refractivity contribution in [3.8, 4) is 17.2 Å². The van der Waals surface area contributed by atoms with Crippen molar-refractivity contribution < 1.29 is 33.8 Å². The maximum atomic E-state index is 13.2. The third-order valence-electron chi connectivity index (χ3n) is 7.27. The third-order valence-corrected chi connectivity index (χ3v) is 7.27. The third kappa shape index (κ3) is 17.0. The van der Waals surface area contributed by atoms with Gasteiger partial charge in [0.2, 0.25) is 0 Å². The second kappa shape index (κ2) is 25.3. The van der Waals surface area contributed by atoms with Gasteiger partial charge in [-0.3, -0.25) is 9.69 Å². The molecule has 0 unspecified atom stereocenters. The number of phenols is 3. The molecule has 6 aromatic carbocycles. The van der Waals surface area contributed by atoms with Crippen molar-refractivity contribution in [3.05, 3.63) is 174 Å². The zero-order chi connectivity index (χ0) is 39.6. The van der Waals surface area contributed by atoms with Gasteiger partial charge in [0.05, 0.1) is 0 Å². The van der Waals surface area contributed by atoms with Crippen molar-refractivity contribution in [2.45, 2.75) is 13.5 Å². The molecule has 6 aromatic rings. The predicted octanol–water partition coefficient (Wildman–Crippen LogP) is 12.6. The van der Waals surface area contributed by atoms with Crippen LogP contribution in [-0.2, 0) is 11.5 Å². The topological polar surface area (TPSA) is 84.2 Å². The number of hydrogen-bond donors (Lipinski definition) is 3. The van der Waals surface area contributed by atoms with Crippen LogP contribution < -0.4 is 9.80 Å². The number of carbonyl (C=O) groups is 1. The molecule has 0 fully saturated rings. The Bertz CT molecular complexity index is 1910. The number of rotatable bonds is 7. The molecule has 14 heteroatoms. The van der Waals surface area contributed by atoms with Crippen LogP contribution in [0, 0.1) is 18.6 Å². The summed E-state index contributed by atoms with van der Waals surface area (Å²) in [5.74, 6) is -0.633. The van der Waals surface area contributed by atoms with Gasteiger partial charge in [0.25, 0.3) is 5.91 Å². The van der Waals surface area contributed by atoms with E-state index in [0.29, 0.717) is 23.5 Å². The molecular formula is C41H38BF2I3N2O4SV. The number of phenolic OH excluding ortho intramolecular Hbond substituents is 3. The minimum atomic E-state index is -0.401.